The van der Waals surface area contributed by atoms with Crippen molar-refractivity contribution in [3.8, 4) is 6.07 Å². The number of carboxylic acids is 1. The summed E-state index contributed by atoms with van der Waals surface area (Å²) in [6, 6.07) is 4.95. The Morgan fingerprint density at radius 3 is 2.75 bits per heavy atom. The molecule has 0 bridgehead atoms. The number of aromatic carboxylic acids is 1. The number of piperazine rings is 1. The number of hydrogen-bond donors (Lipinski definition) is 1. The van der Waals surface area contributed by atoms with Crippen molar-refractivity contribution in [1.29, 1.82) is 5.26 Å². The minimum Gasteiger partial charge on any atom is -0.477 e. The van der Waals surface area contributed by atoms with Gasteiger partial charge in [-0.2, -0.15) is 5.26 Å². The Hall–Kier alpha value is -2.92. The first-order valence-corrected chi connectivity index (χ1v) is 9.34. The quantitative estimate of drug-likeness (QED) is 0.869. The maximum atomic E-state index is 15.0. The van der Waals surface area contributed by atoms with E-state index in [0.29, 0.717) is 24.3 Å². The average molecular weight is 384 g/mol. The van der Waals surface area contributed by atoms with Crippen molar-refractivity contribution in [1.82, 2.24) is 9.47 Å². The van der Waals surface area contributed by atoms with Gasteiger partial charge in [0.05, 0.1) is 29.7 Å². The number of aromatic nitrogens is 1. The fraction of sp³-hybridized carbons (Fsp3) is 0.450. The summed E-state index contributed by atoms with van der Waals surface area (Å²) in [6.07, 6.45) is 3.45. The van der Waals surface area contributed by atoms with E-state index in [1.165, 1.54) is 6.20 Å². The van der Waals surface area contributed by atoms with Gasteiger partial charge in [0.25, 0.3) is 0 Å². The molecule has 0 amide bonds. The highest BCUT2D eigenvalue weighted by Gasteiger charge is 2.30. The van der Waals surface area contributed by atoms with Gasteiger partial charge in [-0.25, -0.2) is 9.18 Å². The smallest absolute Gasteiger partial charge is 0.341 e. The molecule has 146 valence electrons. The number of halogens is 1. The second kappa shape index (κ2) is 6.91. The van der Waals surface area contributed by atoms with Crippen LogP contribution in [0.1, 0.15) is 35.7 Å². The van der Waals surface area contributed by atoms with Gasteiger partial charge in [0.1, 0.15) is 11.4 Å². The number of hydrogen-bond acceptors (Lipinski definition) is 5. The summed E-state index contributed by atoms with van der Waals surface area (Å²) in [7, 11) is 1.97. The Balaban J connectivity index is 1.89. The zero-order chi connectivity index (χ0) is 20.0. The van der Waals surface area contributed by atoms with Crippen LogP contribution in [0, 0.1) is 17.1 Å². The van der Waals surface area contributed by atoms with Crippen LogP contribution in [0.5, 0.6) is 0 Å². The lowest BCUT2D eigenvalue weighted by atomic mass is 10.1. The number of benzene rings is 1. The molecule has 1 aliphatic carbocycles. The molecule has 28 heavy (non-hydrogen) atoms. The number of carbonyl (C=O) groups is 1. The Morgan fingerprint density at radius 1 is 1.36 bits per heavy atom. The van der Waals surface area contributed by atoms with Crippen molar-refractivity contribution in [3.63, 3.8) is 0 Å². The van der Waals surface area contributed by atoms with Gasteiger partial charge in [-0.05, 0) is 32.0 Å². The second-order valence-corrected chi connectivity index (χ2v) is 7.61. The van der Waals surface area contributed by atoms with Gasteiger partial charge in [-0.1, -0.05) is 0 Å². The molecule has 1 aliphatic heterocycles. The Labute approximate surface area is 161 Å². The predicted molar refractivity (Wildman–Crippen MR) is 102 cm³/mol. The molecule has 2 heterocycles. The van der Waals surface area contributed by atoms with Crippen LogP contribution in [-0.4, -0.2) is 53.3 Å². The van der Waals surface area contributed by atoms with Crippen LogP contribution >= 0.6 is 0 Å². The highest BCUT2D eigenvalue weighted by Crippen LogP contribution is 2.38. The van der Waals surface area contributed by atoms with Crippen LogP contribution in [0.25, 0.3) is 10.9 Å². The van der Waals surface area contributed by atoms with Crippen molar-refractivity contribution < 1.29 is 14.3 Å². The first-order chi connectivity index (χ1) is 13.4. The van der Waals surface area contributed by atoms with E-state index in [-0.39, 0.29) is 29.5 Å². The molecule has 1 N–H and O–H groups in total. The van der Waals surface area contributed by atoms with Crippen LogP contribution in [0.15, 0.2) is 23.1 Å². The van der Waals surface area contributed by atoms with Gasteiger partial charge in [0.15, 0.2) is 0 Å². The minimum absolute atomic E-state index is 0.0824. The molecule has 0 radical (unpaired) electrons. The topological polar surface area (TPSA) is 89.6 Å². The highest BCUT2D eigenvalue weighted by molar-refractivity contribution is 5.93. The molecule has 2 aliphatic rings. The average Bonchev–Trinajstić information content (AvgIpc) is 3.48. The molecule has 7 nitrogen and oxygen atoms in total. The lowest BCUT2D eigenvalue weighted by Gasteiger charge is -2.40. The van der Waals surface area contributed by atoms with E-state index in [9.17, 15) is 14.7 Å². The first kappa shape index (κ1) is 18.4. The third kappa shape index (κ3) is 3.12. The Kier molecular flexibility index (Phi) is 4.55. The molecular formula is C20H21FN4O3. The van der Waals surface area contributed by atoms with Gasteiger partial charge >= 0.3 is 5.97 Å². The fourth-order valence-corrected chi connectivity index (χ4v) is 3.99. The molecule has 8 heteroatoms. The van der Waals surface area contributed by atoms with Crippen LogP contribution in [0.4, 0.5) is 10.1 Å². The van der Waals surface area contributed by atoms with E-state index >= 15 is 4.39 Å². The molecule has 4 rings (SSSR count). The lowest BCUT2D eigenvalue weighted by molar-refractivity contribution is 0.0695. The van der Waals surface area contributed by atoms with Crippen molar-refractivity contribution >= 4 is 22.6 Å². The third-order valence-corrected chi connectivity index (χ3v) is 5.59. The molecule has 1 aromatic carbocycles. The van der Waals surface area contributed by atoms with Crippen LogP contribution in [-0.2, 0) is 0 Å². The summed E-state index contributed by atoms with van der Waals surface area (Å²) in [5.41, 5.74) is -0.105. The fourth-order valence-electron chi connectivity index (χ4n) is 3.99. The zero-order valence-corrected chi connectivity index (χ0v) is 15.6. The van der Waals surface area contributed by atoms with E-state index in [4.69, 9.17) is 5.26 Å². The molecule has 1 saturated heterocycles. The predicted octanol–water partition coefficient (Wildman–Crippen LogP) is 2.21. The Morgan fingerprint density at radius 2 is 2.11 bits per heavy atom. The first-order valence-electron chi connectivity index (χ1n) is 9.34. The van der Waals surface area contributed by atoms with Crippen molar-refractivity contribution in [3.05, 3.63) is 39.9 Å². The number of anilines is 1. The highest BCUT2D eigenvalue weighted by atomic mass is 19.1. The van der Waals surface area contributed by atoms with E-state index in [1.54, 1.807) is 10.6 Å². The summed E-state index contributed by atoms with van der Waals surface area (Å²) < 4.78 is 16.8. The molecule has 1 aromatic heterocycles. The number of fused-ring (bicyclic) bond motifs is 1. The summed E-state index contributed by atoms with van der Waals surface area (Å²) in [4.78, 5) is 28.0. The zero-order valence-electron chi connectivity index (χ0n) is 15.6. The monoisotopic (exact) mass is 384 g/mol. The van der Waals surface area contributed by atoms with Gasteiger partial charge < -0.3 is 19.5 Å². The van der Waals surface area contributed by atoms with Gasteiger partial charge in [-0.15, -0.1) is 0 Å². The van der Waals surface area contributed by atoms with E-state index in [1.807, 2.05) is 11.9 Å². The number of carboxylic acid groups (broad SMARTS) is 1. The molecule has 1 atom stereocenters. The van der Waals surface area contributed by atoms with Gasteiger partial charge in [-0.3, -0.25) is 4.79 Å². The third-order valence-electron chi connectivity index (χ3n) is 5.59. The van der Waals surface area contributed by atoms with Gasteiger partial charge in [0, 0.05) is 37.3 Å². The van der Waals surface area contributed by atoms with Gasteiger partial charge in [0.2, 0.25) is 5.43 Å². The van der Waals surface area contributed by atoms with Crippen molar-refractivity contribution in [2.45, 2.75) is 31.3 Å². The molecule has 1 saturated carbocycles. The lowest BCUT2D eigenvalue weighted by Crippen LogP contribution is -2.52. The maximum absolute atomic E-state index is 15.0. The van der Waals surface area contributed by atoms with Crippen LogP contribution in [0.3, 0.4) is 0 Å². The van der Waals surface area contributed by atoms with E-state index in [0.717, 1.165) is 25.5 Å². The van der Waals surface area contributed by atoms with Crippen molar-refractivity contribution in [2.24, 2.45) is 0 Å². The summed E-state index contributed by atoms with van der Waals surface area (Å²) >= 11 is 0. The minimum atomic E-state index is -1.31. The molecule has 1 unspecified atom stereocenters. The van der Waals surface area contributed by atoms with Crippen LogP contribution in [0.2, 0.25) is 0 Å². The number of nitriles is 1. The Bertz CT molecular complexity index is 1050. The van der Waals surface area contributed by atoms with Crippen molar-refractivity contribution in [2.75, 3.05) is 31.6 Å². The maximum Gasteiger partial charge on any atom is 0.341 e. The normalized spacial score (nSPS) is 20.3. The second-order valence-electron chi connectivity index (χ2n) is 7.61. The summed E-state index contributed by atoms with van der Waals surface area (Å²) in [5.74, 6) is -1.87. The molecule has 0 spiro atoms. The summed E-state index contributed by atoms with van der Waals surface area (Å²) in [6.45, 7) is 1.97. The largest absolute Gasteiger partial charge is 0.477 e. The molecule has 2 aromatic rings. The molecule has 2 fully saturated rings. The SMILES string of the molecule is CN1CCN(c2cc3c(cc2F)c(=O)c(C(=O)O)cn3C2CC2)C(CC#N)C1. The number of nitrogens with zero attached hydrogens (tertiary/aromatic N) is 4. The van der Waals surface area contributed by atoms with Crippen LogP contribution < -0.4 is 10.3 Å². The number of likely N-dealkylation sites (N-methyl/N-ethyl adjacent to an activating group) is 1. The standard InChI is InChI=1S/C20H21FN4O3/c1-23-6-7-24(13(10-23)4-5-22)18-9-17-14(8-16(18)21)19(26)15(20(27)28)11-25(17)12-2-3-12/h8-9,11-13H,2-4,6-7,10H2,1H3,(H,27,28). The number of pyridine rings is 1. The summed E-state index contributed by atoms with van der Waals surface area (Å²) in [5, 5.41) is 18.6. The van der Waals surface area contributed by atoms with E-state index in [2.05, 4.69) is 11.0 Å². The molecular weight excluding hydrogens is 363 g/mol. The van der Waals surface area contributed by atoms with E-state index < -0.39 is 17.2 Å². The number of rotatable bonds is 4.